The molecule has 1 aliphatic rings. The lowest BCUT2D eigenvalue weighted by Gasteiger charge is -2.19. The van der Waals surface area contributed by atoms with Gasteiger partial charge in [-0.3, -0.25) is 9.00 Å². The summed E-state index contributed by atoms with van der Waals surface area (Å²) in [5, 5.41) is -0.287. The molecule has 0 saturated heterocycles. The first kappa shape index (κ1) is 14.4. The number of carbonyl (C=O) groups excluding carboxylic acids is 1. The van der Waals surface area contributed by atoms with E-state index in [0.717, 1.165) is 28.9 Å². The molecule has 0 N–H and O–H groups in total. The van der Waals surface area contributed by atoms with Crippen LogP contribution in [0.5, 0.6) is 0 Å². The monoisotopic (exact) mass is 278 g/mol. The standard InChI is InChI=1S/C16H22O2S/c1-5-13-6-7-14(17)16(13)19(18)15-11(3)8-10(2)9-12(15)4/h8-9,13,16H,5-7H2,1-4H3/t13-,16+,19?/m0/s1. The van der Waals surface area contributed by atoms with Gasteiger partial charge in [-0.05, 0) is 44.2 Å². The van der Waals surface area contributed by atoms with Gasteiger partial charge in [-0.1, -0.05) is 31.0 Å². The Morgan fingerprint density at radius 1 is 1.21 bits per heavy atom. The first-order chi connectivity index (χ1) is 8.95. The molecule has 2 rings (SSSR count). The summed E-state index contributed by atoms with van der Waals surface area (Å²) in [7, 11) is -1.20. The van der Waals surface area contributed by atoms with Crippen LogP contribution in [0.15, 0.2) is 17.0 Å². The van der Waals surface area contributed by atoms with Gasteiger partial charge in [0.05, 0.1) is 10.8 Å². The number of carbonyl (C=O) groups is 1. The SMILES string of the molecule is CC[C@H]1CCC(=O)[C@@H]1S(=O)c1c(C)cc(C)cc1C. The van der Waals surface area contributed by atoms with E-state index in [-0.39, 0.29) is 17.0 Å². The Morgan fingerprint density at radius 2 is 1.79 bits per heavy atom. The summed E-state index contributed by atoms with van der Waals surface area (Å²) < 4.78 is 12.9. The van der Waals surface area contributed by atoms with Gasteiger partial charge in [0.25, 0.3) is 0 Å². The summed E-state index contributed by atoms with van der Waals surface area (Å²) in [5.74, 6) is 0.470. The molecule has 0 aromatic heterocycles. The van der Waals surface area contributed by atoms with Crippen LogP contribution in [0.2, 0.25) is 0 Å². The molecule has 0 heterocycles. The molecular formula is C16H22O2S. The van der Waals surface area contributed by atoms with E-state index < -0.39 is 10.8 Å². The second-order valence-corrected chi connectivity index (χ2v) is 7.13. The molecule has 104 valence electrons. The summed E-state index contributed by atoms with van der Waals surface area (Å²) in [5.41, 5.74) is 3.27. The first-order valence-electron chi connectivity index (χ1n) is 6.96. The van der Waals surface area contributed by atoms with E-state index in [9.17, 15) is 9.00 Å². The topological polar surface area (TPSA) is 34.1 Å². The van der Waals surface area contributed by atoms with Gasteiger partial charge in [-0.25, -0.2) is 0 Å². The van der Waals surface area contributed by atoms with Crippen molar-refractivity contribution in [3.63, 3.8) is 0 Å². The largest absolute Gasteiger partial charge is 0.298 e. The van der Waals surface area contributed by atoms with Crippen LogP contribution in [0.4, 0.5) is 0 Å². The van der Waals surface area contributed by atoms with Crippen LogP contribution in [0.3, 0.4) is 0 Å². The highest BCUT2D eigenvalue weighted by molar-refractivity contribution is 7.86. The van der Waals surface area contributed by atoms with Crippen molar-refractivity contribution in [1.82, 2.24) is 0 Å². The molecule has 3 atom stereocenters. The van der Waals surface area contributed by atoms with Crippen LogP contribution < -0.4 is 0 Å². The van der Waals surface area contributed by atoms with E-state index in [1.165, 1.54) is 5.56 Å². The van der Waals surface area contributed by atoms with Crippen molar-refractivity contribution < 1.29 is 9.00 Å². The molecule has 1 aliphatic carbocycles. The highest BCUT2D eigenvalue weighted by Crippen LogP contribution is 2.34. The van der Waals surface area contributed by atoms with E-state index in [2.05, 4.69) is 19.1 Å². The highest BCUT2D eigenvalue weighted by Gasteiger charge is 2.39. The average Bonchev–Trinajstić information content (AvgIpc) is 2.68. The predicted molar refractivity (Wildman–Crippen MR) is 78.9 cm³/mol. The highest BCUT2D eigenvalue weighted by atomic mass is 32.2. The van der Waals surface area contributed by atoms with Crippen molar-refractivity contribution in [1.29, 1.82) is 0 Å². The van der Waals surface area contributed by atoms with Crippen molar-refractivity contribution in [2.45, 2.75) is 57.1 Å². The van der Waals surface area contributed by atoms with Crippen molar-refractivity contribution in [3.8, 4) is 0 Å². The van der Waals surface area contributed by atoms with Crippen molar-refractivity contribution >= 4 is 16.6 Å². The molecule has 3 heteroatoms. The maximum atomic E-state index is 12.9. The fourth-order valence-electron chi connectivity index (χ4n) is 3.21. The van der Waals surface area contributed by atoms with E-state index in [0.29, 0.717) is 6.42 Å². The van der Waals surface area contributed by atoms with Crippen LogP contribution in [-0.4, -0.2) is 15.2 Å². The maximum Gasteiger partial charge on any atom is 0.149 e. The van der Waals surface area contributed by atoms with Gasteiger partial charge in [0.1, 0.15) is 11.0 Å². The lowest BCUT2D eigenvalue weighted by molar-refractivity contribution is -0.117. The van der Waals surface area contributed by atoms with Crippen LogP contribution in [0, 0.1) is 26.7 Å². The third-order valence-electron chi connectivity index (χ3n) is 4.07. The number of hydrogen-bond donors (Lipinski definition) is 0. The summed E-state index contributed by atoms with van der Waals surface area (Å²) in [6, 6.07) is 4.11. The maximum absolute atomic E-state index is 12.9. The number of Topliss-reactive ketones (excluding diaryl/α,β-unsaturated/α-hetero) is 1. The first-order valence-corrected chi connectivity index (χ1v) is 8.18. The molecule has 0 spiro atoms. The number of benzene rings is 1. The smallest absolute Gasteiger partial charge is 0.149 e. The zero-order valence-corrected chi connectivity index (χ0v) is 13.0. The van der Waals surface area contributed by atoms with Gasteiger partial charge in [-0.15, -0.1) is 0 Å². The van der Waals surface area contributed by atoms with Gasteiger partial charge in [0.2, 0.25) is 0 Å². The number of aryl methyl sites for hydroxylation is 3. The Labute approximate surface area is 118 Å². The third kappa shape index (κ3) is 2.66. The molecular weight excluding hydrogens is 256 g/mol. The van der Waals surface area contributed by atoms with Gasteiger partial charge in [0.15, 0.2) is 0 Å². The molecule has 19 heavy (non-hydrogen) atoms. The normalized spacial score (nSPS) is 24.7. The summed E-state index contributed by atoms with van der Waals surface area (Å²) >= 11 is 0. The minimum absolute atomic E-state index is 0.185. The molecule has 0 radical (unpaired) electrons. The summed E-state index contributed by atoms with van der Waals surface area (Å²) in [6.45, 7) is 8.12. The number of ketones is 1. The average molecular weight is 278 g/mol. The molecule has 1 aromatic rings. The Balaban J connectivity index is 2.42. The van der Waals surface area contributed by atoms with E-state index in [4.69, 9.17) is 0 Å². The molecule has 0 bridgehead atoms. The summed E-state index contributed by atoms with van der Waals surface area (Å²) in [6.07, 6.45) is 2.43. The lowest BCUT2D eigenvalue weighted by Crippen LogP contribution is -2.27. The van der Waals surface area contributed by atoms with Gasteiger partial charge in [-0.2, -0.15) is 0 Å². The number of hydrogen-bond acceptors (Lipinski definition) is 2. The van der Waals surface area contributed by atoms with Crippen molar-refractivity contribution in [2.75, 3.05) is 0 Å². The molecule has 0 amide bonds. The van der Waals surface area contributed by atoms with Crippen molar-refractivity contribution in [3.05, 3.63) is 28.8 Å². The van der Waals surface area contributed by atoms with Crippen LogP contribution >= 0.6 is 0 Å². The molecule has 1 aromatic carbocycles. The zero-order valence-electron chi connectivity index (χ0n) is 12.2. The van der Waals surface area contributed by atoms with E-state index in [1.807, 2.05) is 20.8 Å². The molecule has 0 aliphatic heterocycles. The third-order valence-corrected chi connectivity index (χ3v) is 6.22. The Morgan fingerprint density at radius 3 is 2.32 bits per heavy atom. The minimum atomic E-state index is -1.20. The predicted octanol–water partition coefficient (Wildman–Crippen LogP) is 3.48. The fraction of sp³-hybridized carbons (Fsp3) is 0.562. The number of rotatable bonds is 3. The van der Waals surface area contributed by atoms with E-state index in [1.54, 1.807) is 0 Å². The van der Waals surface area contributed by atoms with Crippen LogP contribution in [0.1, 0.15) is 42.9 Å². The quantitative estimate of drug-likeness (QED) is 0.848. The van der Waals surface area contributed by atoms with Crippen LogP contribution in [-0.2, 0) is 15.6 Å². The second kappa shape index (κ2) is 5.58. The Hall–Kier alpha value is -0.960. The molecule has 1 fully saturated rings. The fourth-order valence-corrected chi connectivity index (χ4v) is 5.25. The van der Waals surface area contributed by atoms with Crippen molar-refractivity contribution in [2.24, 2.45) is 5.92 Å². The van der Waals surface area contributed by atoms with E-state index >= 15 is 0 Å². The zero-order chi connectivity index (χ0) is 14.2. The molecule has 1 unspecified atom stereocenters. The van der Waals surface area contributed by atoms with Gasteiger partial charge < -0.3 is 0 Å². The lowest BCUT2D eigenvalue weighted by atomic mass is 10.1. The molecule has 1 saturated carbocycles. The summed E-state index contributed by atoms with van der Waals surface area (Å²) in [4.78, 5) is 12.9. The molecule has 2 nitrogen and oxygen atoms in total. The Kier molecular flexibility index (Phi) is 4.24. The minimum Gasteiger partial charge on any atom is -0.298 e. The van der Waals surface area contributed by atoms with Gasteiger partial charge in [0, 0.05) is 11.3 Å². The second-order valence-electron chi connectivity index (χ2n) is 5.62. The Bertz CT molecular complexity index is 511. The van der Waals surface area contributed by atoms with Gasteiger partial charge >= 0.3 is 0 Å². The van der Waals surface area contributed by atoms with Crippen LogP contribution in [0.25, 0.3) is 0 Å².